The predicted molar refractivity (Wildman–Crippen MR) is 149 cm³/mol. The monoisotopic (exact) mass is 578 g/mol. The Morgan fingerprint density at radius 1 is 1.12 bits per heavy atom. The van der Waals surface area contributed by atoms with Gasteiger partial charge in [0.15, 0.2) is 11.6 Å². The number of hydrogen-bond donors (Lipinski definition) is 1. The number of ether oxygens (including phenoxy) is 3. The number of furan rings is 1. The SMILES string of the molecule is COc1cc(OCc2cccc(NC(=O)c3cccc(Cl)c3F)c2)c2cc(-c3cn4nc(OC)sc4n3)oc2c1. The summed E-state index contributed by atoms with van der Waals surface area (Å²) >= 11 is 7.13. The summed E-state index contributed by atoms with van der Waals surface area (Å²) in [6.07, 6.45) is 1.76. The molecular weight excluding hydrogens is 559 g/mol. The van der Waals surface area contributed by atoms with Crippen LogP contribution in [0.1, 0.15) is 15.9 Å². The van der Waals surface area contributed by atoms with Crippen LogP contribution in [0.15, 0.2) is 71.3 Å². The largest absolute Gasteiger partial charge is 0.496 e. The normalized spacial score (nSPS) is 11.2. The van der Waals surface area contributed by atoms with Crippen LogP contribution in [-0.2, 0) is 6.61 Å². The summed E-state index contributed by atoms with van der Waals surface area (Å²) in [6.45, 7) is 0.182. The molecule has 0 aliphatic carbocycles. The number of rotatable bonds is 8. The Hall–Kier alpha value is -4.61. The van der Waals surface area contributed by atoms with Crippen LogP contribution in [0.3, 0.4) is 0 Å². The highest BCUT2D eigenvalue weighted by molar-refractivity contribution is 7.18. The number of halogens is 2. The molecule has 0 saturated carbocycles. The zero-order chi connectivity index (χ0) is 27.8. The fraction of sp³-hybridized carbons (Fsp3) is 0.107. The topological polar surface area (TPSA) is 100 Å². The summed E-state index contributed by atoms with van der Waals surface area (Å²) in [5.74, 6) is 0.272. The maximum Gasteiger partial charge on any atom is 0.294 e. The average Bonchev–Trinajstić information content (AvgIpc) is 3.66. The van der Waals surface area contributed by atoms with Crippen LogP contribution < -0.4 is 19.5 Å². The van der Waals surface area contributed by atoms with Crippen molar-refractivity contribution in [2.45, 2.75) is 6.61 Å². The quantitative estimate of drug-likeness (QED) is 0.211. The highest BCUT2D eigenvalue weighted by Gasteiger charge is 2.18. The van der Waals surface area contributed by atoms with Gasteiger partial charge in [-0.2, -0.15) is 0 Å². The second-order valence-corrected chi connectivity index (χ2v) is 9.94. The van der Waals surface area contributed by atoms with E-state index in [0.717, 1.165) is 10.9 Å². The summed E-state index contributed by atoms with van der Waals surface area (Å²) in [4.78, 5) is 17.9. The van der Waals surface area contributed by atoms with Gasteiger partial charge >= 0.3 is 0 Å². The van der Waals surface area contributed by atoms with Crippen molar-refractivity contribution in [3.63, 3.8) is 0 Å². The Labute approximate surface area is 235 Å². The zero-order valence-corrected chi connectivity index (χ0v) is 22.7. The van der Waals surface area contributed by atoms with E-state index in [1.807, 2.05) is 12.1 Å². The Balaban J connectivity index is 1.23. The Morgan fingerprint density at radius 2 is 1.98 bits per heavy atom. The predicted octanol–water partition coefficient (Wildman–Crippen LogP) is 6.85. The maximum atomic E-state index is 14.3. The Bertz CT molecular complexity index is 1850. The molecule has 0 atom stereocenters. The lowest BCUT2D eigenvalue weighted by Gasteiger charge is -2.11. The average molecular weight is 579 g/mol. The smallest absolute Gasteiger partial charge is 0.294 e. The van der Waals surface area contributed by atoms with Crippen LogP contribution in [0, 0.1) is 5.82 Å². The van der Waals surface area contributed by atoms with Gasteiger partial charge in [-0.05, 0) is 47.2 Å². The van der Waals surface area contributed by atoms with Gasteiger partial charge < -0.3 is 23.9 Å². The van der Waals surface area contributed by atoms with Crippen molar-refractivity contribution < 1.29 is 27.8 Å². The highest BCUT2D eigenvalue weighted by Crippen LogP contribution is 2.37. The van der Waals surface area contributed by atoms with E-state index >= 15 is 0 Å². The molecule has 3 aromatic heterocycles. The lowest BCUT2D eigenvalue weighted by molar-refractivity contribution is 0.102. The number of carbonyl (C=O) groups is 1. The number of aromatic nitrogens is 3. The van der Waals surface area contributed by atoms with Gasteiger partial charge in [-0.25, -0.2) is 13.9 Å². The molecule has 202 valence electrons. The van der Waals surface area contributed by atoms with Gasteiger partial charge in [-0.3, -0.25) is 4.79 Å². The van der Waals surface area contributed by atoms with Crippen LogP contribution in [0.5, 0.6) is 16.7 Å². The molecular formula is C28H20ClFN4O5S. The van der Waals surface area contributed by atoms with E-state index < -0.39 is 11.7 Å². The van der Waals surface area contributed by atoms with Crippen molar-refractivity contribution in [1.29, 1.82) is 0 Å². The molecule has 40 heavy (non-hydrogen) atoms. The first kappa shape index (κ1) is 25.7. The molecule has 0 aliphatic heterocycles. The van der Waals surface area contributed by atoms with Gasteiger partial charge in [0.25, 0.3) is 11.1 Å². The molecule has 0 saturated heterocycles. The van der Waals surface area contributed by atoms with E-state index in [1.165, 1.54) is 29.5 Å². The van der Waals surface area contributed by atoms with E-state index in [1.54, 1.807) is 55.3 Å². The zero-order valence-electron chi connectivity index (χ0n) is 21.1. The number of methoxy groups -OCH3 is 2. The molecule has 0 aliphatic rings. The summed E-state index contributed by atoms with van der Waals surface area (Å²) in [5, 5.41) is 8.13. The van der Waals surface area contributed by atoms with E-state index in [9.17, 15) is 9.18 Å². The van der Waals surface area contributed by atoms with Gasteiger partial charge in [0.2, 0.25) is 4.96 Å². The first-order chi connectivity index (χ1) is 19.4. The van der Waals surface area contributed by atoms with Crippen LogP contribution in [0.4, 0.5) is 10.1 Å². The minimum absolute atomic E-state index is 0.119. The maximum absolute atomic E-state index is 14.3. The summed E-state index contributed by atoms with van der Waals surface area (Å²) in [5.41, 5.74) is 2.30. The Morgan fingerprint density at radius 3 is 2.77 bits per heavy atom. The third-order valence-electron chi connectivity index (χ3n) is 6.04. The van der Waals surface area contributed by atoms with E-state index in [-0.39, 0.29) is 17.2 Å². The molecule has 0 fully saturated rings. The van der Waals surface area contributed by atoms with Gasteiger partial charge in [0, 0.05) is 17.8 Å². The molecule has 9 nitrogen and oxygen atoms in total. The lowest BCUT2D eigenvalue weighted by Crippen LogP contribution is -2.14. The Kier molecular flexibility index (Phi) is 6.74. The van der Waals surface area contributed by atoms with Crippen LogP contribution in [-0.4, -0.2) is 34.7 Å². The third-order valence-corrected chi connectivity index (χ3v) is 7.21. The summed E-state index contributed by atoms with van der Waals surface area (Å²) in [7, 11) is 3.12. The molecule has 6 aromatic rings. The number of fused-ring (bicyclic) bond motifs is 2. The lowest BCUT2D eigenvalue weighted by atomic mass is 10.1. The molecule has 3 aromatic carbocycles. The van der Waals surface area contributed by atoms with E-state index in [0.29, 0.717) is 44.4 Å². The number of nitrogens with one attached hydrogen (secondary N) is 1. The molecule has 1 amide bonds. The molecule has 3 heterocycles. The van der Waals surface area contributed by atoms with Gasteiger partial charge in [0.05, 0.1) is 36.4 Å². The van der Waals surface area contributed by atoms with Gasteiger partial charge in [0.1, 0.15) is 29.4 Å². The summed E-state index contributed by atoms with van der Waals surface area (Å²) in [6, 6.07) is 16.7. The molecule has 0 radical (unpaired) electrons. The minimum Gasteiger partial charge on any atom is -0.496 e. The van der Waals surface area contributed by atoms with E-state index in [4.69, 9.17) is 30.2 Å². The van der Waals surface area contributed by atoms with E-state index in [2.05, 4.69) is 15.4 Å². The highest BCUT2D eigenvalue weighted by atomic mass is 35.5. The van der Waals surface area contributed by atoms with Crippen molar-refractivity contribution in [3.8, 4) is 28.1 Å². The van der Waals surface area contributed by atoms with Crippen molar-refractivity contribution in [1.82, 2.24) is 14.6 Å². The number of amides is 1. The third kappa shape index (κ3) is 4.92. The number of nitrogens with zero attached hydrogens (tertiary/aromatic N) is 3. The molecule has 12 heteroatoms. The fourth-order valence-corrected chi connectivity index (χ4v) is 4.98. The second-order valence-electron chi connectivity index (χ2n) is 8.62. The van der Waals surface area contributed by atoms with Gasteiger partial charge in [-0.1, -0.05) is 29.8 Å². The molecule has 0 unspecified atom stereocenters. The standard InChI is InChI=1S/C28H20ClFN4O5S/c1-36-17-10-22(19-12-24(39-23(19)11-17)21-13-34-27(32-21)40-28(33-34)37-2)38-14-15-5-3-6-16(9-15)31-26(35)18-7-4-8-20(29)25(18)30/h3-13H,14H2,1-2H3,(H,31,35). The number of hydrogen-bond acceptors (Lipinski definition) is 8. The molecule has 6 rings (SSSR count). The molecule has 0 bridgehead atoms. The van der Waals surface area contributed by atoms with Gasteiger partial charge in [-0.15, -0.1) is 5.10 Å². The van der Waals surface area contributed by atoms with Crippen molar-refractivity contribution in [3.05, 3.63) is 88.8 Å². The van der Waals surface area contributed by atoms with Crippen molar-refractivity contribution >= 4 is 50.5 Å². The minimum atomic E-state index is -0.769. The second kappa shape index (κ2) is 10.5. The number of imidazole rings is 1. The molecule has 0 spiro atoms. The van der Waals surface area contributed by atoms with Crippen LogP contribution in [0.2, 0.25) is 5.02 Å². The van der Waals surface area contributed by atoms with Crippen molar-refractivity contribution in [2.24, 2.45) is 0 Å². The van der Waals surface area contributed by atoms with Crippen LogP contribution in [0.25, 0.3) is 27.4 Å². The number of anilines is 1. The number of benzene rings is 3. The van der Waals surface area contributed by atoms with Crippen LogP contribution >= 0.6 is 22.9 Å². The molecule has 1 N–H and O–H groups in total. The number of carbonyl (C=O) groups excluding carboxylic acids is 1. The fourth-order valence-electron chi connectivity index (χ4n) is 4.11. The summed E-state index contributed by atoms with van der Waals surface area (Å²) < 4.78 is 38.8. The first-order valence-corrected chi connectivity index (χ1v) is 13.1. The van der Waals surface area contributed by atoms with Crippen molar-refractivity contribution in [2.75, 3.05) is 19.5 Å². The first-order valence-electron chi connectivity index (χ1n) is 11.9.